The molecule has 0 atom stereocenters. The number of halogens is 1. The predicted molar refractivity (Wildman–Crippen MR) is 91.6 cm³/mol. The maximum atomic E-state index is 12.2. The average molecular weight is 333 g/mol. The van der Waals surface area contributed by atoms with Crippen LogP contribution in [0.1, 0.15) is 48.7 Å². The Kier molecular flexibility index (Phi) is 6.53. The van der Waals surface area contributed by atoms with E-state index in [2.05, 4.69) is 16.9 Å². The van der Waals surface area contributed by atoms with Gasteiger partial charge >= 0.3 is 5.97 Å². The van der Waals surface area contributed by atoms with Gasteiger partial charge in [-0.05, 0) is 37.1 Å². The van der Waals surface area contributed by atoms with Crippen molar-refractivity contribution in [2.24, 2.45) is 0 Å². The molecule has 2 rings (SSSR count). The molecule has 2 aromatic rings. The molecule has 0 aromatic carbocycles. The van der Waals surface area contributed by atoms with Crippen LogP contribution in [0.4, 0.5) is 0 Å². The van der Waals surface area contributed by atoms with E-state index in [1.54, 1.807) is 18.5 Å². The quantitative estimate of drug-likeness (QED) is 0.413. The maximum absolute atomic E-state index is 12.2. The second-order valence-corrected chi connectivity index (χ2v) is 5.80. The molecule has 0 saturated heterocycles. The normalized spacial score (nSPS) is 10.6. The van der Waals surface area contributed by atoms with Crippen molar-refractivity contribution in [2.45, 2.75) is 39.5 Å². The standard InChI is InChI=1S/C18H21ClN2O2/c1-3-4-5-6-9-23-18(22)16-11-15(12-21-17(16)19)14-7-8-20-13(2)10-14/h7-8,10-12H,3-6,9H2,1-2H3. The van der Waals surface area contributed by atoms with Crippen molar-refractivity contribution in [3.8, 4) is 11.1 Å². The Morgan fingerprint density at radius 3 is 2.74 bits per heavy atom. The van der Waals surface area contributed by atoms with E-state index in [4.69, 9.17) is 16.3 Å². The number of ether oxygens (including phenoxy) is 1. The molecule has 0 aliphatic heterocycles. The van der Waals surface area contributed by atoms with Crippen LogP contribution in [-0.2, 0) is 4.74 Å². The summed E-state index contributed by atoms with van der Waals surface area (Å²) >= 11 is 6.05. The van der Waals surface area contributed by atoms with Crippen molar-refractivity contribution in [3.63, 3.8) is 0 Å². The Labute approximate surface area is 141 Å². The Balaban J connectivity index is 2.09. The van der Waals surface area contributed by atoms with Crippen molar-refractivity contribution < 1.29 is 9.53 Å². The van der Waals surface area contributed by atoms with Crippen LogP contribution in [0.3, 0.4) is 0 Å². The minimum atomic E-state index is -0.424. The van der Waals surface area contributed by atoms with Gasteiger partial charge in [0.25, 0.3) is 0 Å². The number of pyridine rings is 2. The van der Waals surface area contributed by atoms with Crippen molar-refractivity contribution in [1.82, 2.24) is 9.97 Å². The van der Waals surface area contributed by atoms with Crippen molar-refractivity contribution in [3.05, 3.63) is 47.0 Å². The lowest BCUT2D eigenvalue weighted by atomic mass is 10.1. The molecule has 23 heavy (non-hydrogen) atoms. The van der Waals surface area contributed by atoms with Gasteiger partial charge in [-0.25, -0.2) is 9.78 Å². The summed E-state index contributed by atoms with van der Waals surface area (Å²) in [5.74, 6) is -0.424. The summed E-state index contributed by atoms with van der Waals surface area (Å²) in [6, 6.07) is 5.53. The van der Waals surface area contributed by atoms with E-state index in [9.17, 15) is 4.79 Å². The van der Waals surface area contributed by atoms with Crippen LogP contribution in [0.5, 0.6) is 0 Å². The van der Waals surface area contributed by atoms with Gasteiger partial charge in [-0.2, -0.15) is 0 Å². The molecular formula is C18H21ClN2O2. The lowest BCUT2D eigenvalue weighted by molar-refractivity contribution is 0.0497. The molecule has 2 aromatic heterocycles. The number of rotatable bonds is 7. The van der Waals surface area contributed by atoms with Gasteiger partial charge in [0.1, 0.15) is 5.15 Å². The van der Waals surface area contributed by atoms with E-state index in [1.807, 2.05) is 19.1 Å². The molecular weight excluding hydrogens is 312 g/mol. The van der Waals surface area contributed by atoms with E-state index in [0.717, 1.165) is 42.5 Å². The molecule has 0 amide bonds. The Bertz CT molecular complexity index is 674. The van der Waals surface area contributed by atoms with Gasteiger partial charge in [-0.15, -0.1) is 0 Å². The highest BCUT2D eigenvalue weighted by atomic mass is 35.5. The van der Waals surface area contributed by atoms with E-state index in [1.165, 1.54) is 0 Å². The first kappa shape index (κ1) is 17.4. The molecule has 2 heterocycles. The van der Waals surface area contributed by atoms with Crippen LogP contribution in [0, 0.1) is 6.92 Å². The summed E-state index contributed by atoms with van der Waals surface area (Å²) in [6.07, 6.45) is 7.61. The SMILES string of the molecule is CCCCCCOC(=O)c1cc(-c2ccnc(C)c2)cnc1Cl. The molecule has 0 aliphatic rings. The van der Waals surface area contributed by atoms with Gasteiger partial charge < -0.3 is 4.74 Å². The fourth-order valence-corrected chi connectivity index (χ4v) is 2.43. The Hall–Kier alpha value is -1.94. The van der Waals surface area contributed by atoms with Gasteiger partial charge in [0.2, 0.25) is 0 Å². The number of aryl methyl sites for hydroxylation is 1. The second kappa shape index (κ2) is 8.63. The average Bonchev–Trinajstić information content (AvgIpc) is 2.55. The van der Waals surface area contributed by atoms with Crippen LogP contribution in [0.25, 0.3) is 11.1 Å². The predicted octanol–water partition coefficient (Wildman–Crippen LogP) is 4.84. The van der Waals surface area contributed by atoms with Gasteiger partial charge in [0, 0.05) is 23.7 Å². The number of hydrogen-bond donors (Lipinski definition) is 0. The molecule has 0 unspecified atom stereocenters. The molecule has 0 saturated carbocycles. The zero-order chi connectivity index (χ0) is 16.7. The molecule has 4 nitrogen and oxygen atoms in total. The fraction of sp³-hybridized carbons (Fsp3) is 0.389. The molecule has 0 aliphatic carbocycles. The third-order valence-corrected chi connectivity index (χ3v) is 3.82. The summed E-state index contributed by atoms with van der Waals surface area (Å²) in [7, 11) is 0. The summed E-state index contributed by atoms with van der Waals surface area (Å²) in [6.45, 7) is 4.47. The van der Waals surface area contributed by atoms with Crippen molar-refractivity contribution in [2.75, 3.05) is 6.61 Å². The topological polar surface area (TPSA) is 52.1 Å². The zero-order valence-electron chi connectivity index (χ0n) is 13.5. The molecule has 122 valence electrons. The van der Waals surface area contributed by atoms with Crippen LogP contribution >= 0.6 is 11.6 Å². The Morgan fingerprint density at radius 2 is 2.00 bits per heavy atom. The zero-order valence-corrected chi connectivity index (χ0v) is 14.3. The lowest BCUT2D eigenvalue weighted by Gasteiger charge is -2.08. The third-order valence-electron chi connectivity index (χ3n) is 3.52. The summed E-state index contributed by atoms with van der Waals surface area (Å²) < 4.78 is 5.29. The van der Waals surface area contributed by atoms with E-state index in [-0.39, 0.29) is 5.15 Å². The van der Waals surface area contributed by atoms with Crippen molar-refractivity contribution in [1.29, 1.82) is 0 Å². The minimum Gasteiger partial charge on any atom is -0.462 e. The summed E-state index contributed by atoms with van der Waals surface area (Å²) in [4.78, 5) is 20.5. The number of hydrogen-bond acceptors (Lipinski definition) is 4. The van der Waals surface area contributed by atoms with E-state index < -0.39 is 5.97 Å². The molecule has 0 fully saturated rings. The van der Waals surface area contributed by atoms with Crippen molar-refractivity contribution >= 4 is 17.6 Å². The highest BCUT2D eigenvalue weighted by Crippen LogP contribution is 2.24. The minimum absolute atomic E-state index is 0.165. The van der Waals surface area contributed by atoms with Gasteiger partial charge in [-0.3, -0.25) is 4.98 Å². The fourth-order valence-electron chi connectivity index (χ4n) is 2.25. The van der Waals surface area contributed by atoms with Crippen LogP contribution in [-0.4, -0.2) is 22.5 Å². The van der Waals surface area contributed by atoms with Crippen LogP contribution in [0.15, 0.2) is 30.6 Å². The van der Waals surface area contributed by atoms with Gasteiger partial charge in [-0.1, -0.05) is 37.8 Å². The first-order valence-corrected chi connectivity index (χ1v) is 8.25. The number of nitrogens with zero attached hydrogens (tertiary/aromatic N) is 2. The molecule has 0 N–H and O–H groups in total. The second-order valence-electron chi connectivity index (χ2n) is 5.44. The highest BCUT2D eigenvalue weighted by molar-refractivity contribution is 6.32. The summed E-state index contributed by atoms with van der Waals surface area (Å²) in [5.41, 5.74) is 2.96. The summed E-state index contributed by atoms with van der Waals surface area (Å²) in [5, 5.41) is 0.165. The lowest BCUT2D eigenvalue weighted by Crippen LogP contribution is -2.08. The smallest absolute Gasteiger partial charge is 0.341 e. The number of carbonyl (C=O) groups excluding carboxylic acids is 1. The third kappa shape index (κ3) is 5.03. The monoisotopic (exact) mass is 332 g/mol. The highest BCUT2D eigenvalue weighted by Gasteiger charge is 2.14. The van der Waals surface area contributed by atoms with E-state index >= 15 is 0 Å². The Morgan fingerprint density at radius 1 is 1.17 bits per heavy atom. The molecule has 0 bridgehead atoms. The first-order chi connectivity index (χ1) is 11.1. The largest absolute Gasteiger partial charge is 0.462 e. The van der Waals surface area contributed by atoms with Crippen LogP contribution < -0.4 is 0 Å². The number of aromatic nitrogens is 2. The van der Waals surface area contributed by atoms with Crippen LogP contribution in [0.2, 0.25) is 5.15 Å². The number of unbranched alkanes of at least 4 members (excludes halogenated alkanes) is 3. The van der Waals surface area contributed by atoms with Gasteiger partial charge in [0.15, 0.2) is 0 Å². The first-order valence-electron chi connectivity index (χ1n) is 7.87. The van der Waals surface area contributed by atoms with Gasteiger partial charge in [0.05, 0.1) is 12.2 Å². The number of esters is 1. The molecule has 0 radical (unpaired) electrons. The number of carbonyl (C=O) groups is 1. The van der Waals surface area contributed by atoms with E-state index in [0.29, 0.717) is 12.2 Å². The molecule has 0 spiro atoms. The maximum Gasteiger partial charge on any atom is 0.341 e. The molecule has 5 heteroatoms.